The second-order valence-corrected chi connectivity index (χ2v) is 5.95. The topological polar surface area (TPSA) is 82.1 Å². The molecule has 7 heteroatoms. The predicted octanol–water partition coefficient (Wildman–Crippen LogP) is 2.96. The molecule has 0 spiro atoms. The molecule has 2 aromatic rings. The second kappa shape index (κ2) is 8.85. The Morgan fingerprint density at radius 3 is 1.96 bits per heavy atom. The fourth-order valence-electron chi connectivity index (χ4n) is 2.37. The van der Waals surface area contributed by atoms with Crippen molar-refractivity contribution >= 4 is 17.8 Å². The van der Waals surface area contributed by atoms with Gasteiger partial charge in [0.1, 0.15) is 17.2 Å². The van der Waals surface area contributed by atoms with Gasteiger partial charge in [0.15, 0.2) is 6.73 Å². The molecule has 0 aromatic heterocycles. The monoisotopic (exact) mass is 381 g/mol. The van der Waals surface area contributed by atoms with Gasteiger partial charge in [0, 0.05) is 12.2 Å². The molecule has 3 rings (SSSR count). The van der Waals surface area contributed by atoms with E-state index in [0.717, 1.165) is 11.3 Å². The molecule has 0 unspecified atom stereocenters. The fourth-order valence-corrected chi connectivity index (χ4v) is 2.37. The summed E-state index contributed by atoms with van der Waals surface area (Å²) in [5, 5.41) is 0. The molecule has 0 radical (unpaired) electrons. The number of hydrogen-bond donors (Lipinski definition) is 0. The second-order valence-electron chi connectivity index (χ2n) is 5.95. The van der Waals surface area contributed by atoms with Gasteiger partial charge in [0.05, 0.1) is 12.2 Å². The number of imide groups is 1. The summed E-state index contributed by atoms with van der Waals surface area (Å²) in [5.74, 6) is 0.193. The van der Waals surface area contributed by atoms with Crippen LogP contribution in [0.2, 0.25) is 0 Å². The van der Waals surface area contributed by atoms with Crippen molar-refractivity contribution in [2.45, 2.75) is 13.3 Å². The zero-order valence-corrected chi connectivity index (χ0v) is 15.3. The molecule has 2 aromatic carbocycles. The summed E-state index contributed by atoms with van der Waals surface area (Å²) in [6.45, 7) is 2.46. The maximum absolute atomic E-state index is 12.2. The summed E-state index contributed by atoms with van der Waals surface area (Å²) in [6.07, 6.45) is 3.29. The van der Waals surface area contributed by atoms with Gasteiger partial charge in [0.25, 0.3) is 11.8 Å². The average Bonchev–Trinajstić information content (AvgIpc) is 3.03. The third-order valence-corrected chi connectivity index (χ3v) is 3.86. The Hall–Kier alpha value is -3.61. The van der Waals surface area contributed by atoms with Gasteiger partial charge in [0.2, 0.25) is 0 Å². The number of benzene rings is 2. The van der Waals surface area contributed by atoms with Crippen molar-refractivity contribution in [3.8, 4) is 17.2 Å². The van der Waals surface area contributed by atoms with Gasteiger partial charge in [-0.3, -0.25) is 9.59 Å². The van der Waals surface area contributed by atoms with E-state index >= 15 is 0 Å². The average molecular weight is 381 g/mol. The summed E-state index contributed by atoms with van der Waals surface area (Å²) in [4.78, 5) is 36.1. The molecule has 1 aliphatic rings. The van der Waals surface area contributed by atoms with Crippen LogP contribution in [-0.4, -0.2) is 36.0 Å². The van der Waals surface area contributed by atoms with E-state index < -0.39 is 17.8 Å². The van der Waals surface area contributed by atoms with Crippen LogP contribution in [0.3, 0.4) is 0 Å². The van der Waals surface area contributed by atoms with Gasteiger partial charge < -0.3 is 14.2 Å². The van der Waals surface area contributed by atoms with Crippen LogP contribution >= 0.6 is 0 Å². The van der Waals surface area contributed by atoms with Crippen molar-refractivity contribution in [1.82, 2.24) is 4.90 Å². The lowest BCUT2D eigenvalue weighted by molar-refractivity contribution is -0.140. The summed E-state index contributed by atoms with van der Waals surface area (Å²) in [5.41, 5.74) is 0.341. The van der Waals surface area contributed by atoms with Crippen molar-refractivity contribution in [2.75, 3.05) is 13.3 Å². The maximum Gasteiger partial charge on any atom is 0.343 e. The predicted molar refractivity (Wildman–Crippen MR) is 100 cm³/mol. The largest absolute Gasteiger partial charge is 0.494 e. The van der Waals surface area contributed by atoms with Crippen molar-refractivity contribution in [3.63, 3.8) is 0 Å². The van der Waals surface area contributed by atoms with Gasteiger partial charge >= 0.3 is 5.97 Å². The van der Waals surface area contributed by atoms with Gasteiger partial charge in [-0.05, 0) is 55.0 Å². The van der Waals surface area contributed by atoms with Gasteiger partial charge in [-0.2, -0.15) is 0 Å². The molecule has 0 atom stereocenters. The SMILES string of the molecule is CCCOc1ccc(OC(=O)c2ccc(OCN3C(=O)C=CC3=O)cc2)cc1. The standard InChI is InChI=1S/C21H19NO6/c1-2-13-26-16-7-9-18(10-8-16)28-21(25)15-3-5-17(6-4-15)27-14-22-19(23)11-12-20(22)24/h3-12H,2,13-14H2,1H3. The van der Waals surface area contributed by atoms with Crippen molar-refractivity contribution in [2.24, 2.45) is 0 Å². The van der Waals surface area contributed by atoms with Gasteiger partial charge in [-0.15, -0.1) is 0 Å². The van der Waals surface area contributed by atoms with Crippen LogP contribution in [0.5, 0.6) is 17.2 Å². The molecule has 0 N–H and O–H groups in total. The minimum atomic E-state index is -0.511. The molecule has 28 heavy (non-hydrogen) atoms. The van der Waals surface area contributed by atoms with Crippen molar-refractivity contribution in [3.05, 3.63) is 66.2 Å². The molecule has 2 amide bonds. The zero-order valence-electron chi connectivity index (χ0n) is 15.3. The lowest BCUT2D eigenvalue weighted by atomic mass is 10.2. The molecule has 0 fully saturated rings. The van der Waals surface area contributed by atoms with Gasteiger partial charge in [-0.25, -0.2) is 9.69 Å². The first-order valence-corrected chi connectivity index (χ1v) is 8.78. The maximum atomic E-state index is 12.2. The van der Waals surface area contributed by atoms with E-state index in [-0.39, 0.29) is 6.73 Å². The van der Waals surface area contributed by atoms with Crippen LogP contribution in [0.15, 0.2) is 60.7 Å². The molecule has 1 heterocycles. The van der Waals surface area contributed by atoms with E-state index in [1.165, 1.54) is 12.2 Å². The smallest absolute Gasteiger partial charge is 0.343 e. The number of ether oxygens (including phenoxy) is 3. The minimum Gasteiger partial charge on any atom is -0.494 e. The number of carbonyl (C=O) groups is 3. The number of esters is 1. The highest BCUT2D eigenvalue weighted by atomic mass is 16.5. The van der Waals surface area contributed by atoms with Crippen LogP contribution in [0, 0.1) is 0 Å². The first-order valence-electron chi connectivity index (χ1n) is 8.78. The molecule has 144 valence electrons. The minimum absolute atomic E-state index is 0.194. The van der Waals surface area contributed by atoms with E-state index in [1.54, 1.807) is 48.5 Å². The fraction of sp³-hybridized carbons (Fsp3) is 0.190. The third-order valence-electron chi connectivity index (χ3n) is 3.86. The summed E-state index contributed by atoms with van der Waals surface area (Å²) < 4.78 is 16.2. The Morgan fingerprint density at radius 2 is 1.36 bits per heavy atom. The molecule has 0 saturated carbocycles. The molecular weight excluding hydrogens is 362 g/mol. The Balaban J connectivity index is 1.53. The van der Waals surface area contributed by atoms with Crippen LogP contribution in [0.4, 0.5) is 0 Å². The quantitative estimate of drug-likeness (QED) is 0.397. The number of rotatable bonds is 8. The van der Waals surface area contributed by atoms with Crippen LogP contribution in [0.1, 0.15) is 23.7 Å². The van der Waals surface area contributed by atoms with E-state index in [4.69, 9.17) is 14.2 Å². The lowest BCUT2D eigenvalue weighted by Crippen LogP contribution is -2.33. The summed E-state index contributed by atoms with van der Waals surface area (Å²) in [6, 6.07) is 13.0. The van der Waals surface area contributed by atoms with E-state index in [1.807, 2.05) is 6.92 Å². The number of amides is 2. The summed E-state index contributed by atoms with van der Waals surface area (Å²) >= 11 is 0. The Labute approximate surface area is 162 Å². The van der Waals surface area contributed by atoms with E-state index in [9.17, 15) is 14.4 Å². The first kappa shape index (κ1) is 19.2. The van der Waals surface area contributed by atoms with Crippen molar-refractivity contribution < 1.29 is 28.6 Å². The molecule has 0 saturated heterocycles. The number of carbonyl (C=O) groups excluding carboxylic acids is 3. The molecule has 0 aliphatic carbocycles. The lowest BCUT2D eigenvalue weighted by Gasteiger charge is -2.14. The normalized spacial score (nSPS) is 13.0. The number of nitrogens with zero attached hydrogens (tertiary/aromatic N) is 1. The third kappa shape index (κ3) is 4.76. The molecule has 7 nitrogen and oxygen atoms in total. The summed E-state index contributed by atoms with van der Waals surface area (Å²) in [7, 11) is 0. The van der Waals surface area contributed by atoms with Gasteiger partial charge in [-0.1, -0.05) is 6.92 Å². The Kier molecular flexibility index (Phi) is 6.06. The highest BCUT2D eigenvalue weighted by Gasteiger charge is 2.23. The highest BCUT2D eigenvalue weighted by molar-refractivity contribution is 6.12. The Morgan fingerprint density at radius 1 is 0.821 bits per heavy atom. The molecular formula is C21H19NO6. The number of hydrogen-bond acceptors (Lipinski definition) is 6. The van der Waals surface area contributed by atoms with Crippen molar-refractivity contribution in [1.29, 1.82) is 0 Å². The van der Waals surface area contributed by atoms with Crippen LogP contribution in [-0.2, 0) is 9.59 Å². The Bertz CT molecular complexity index is 868. The molecule has 1 aliphatic heterocycles. The zero-order chi connectivity index (χ0) is 19.9. The first-order chi connectivity index (χ1) is 13.6. The van der Waals surface area contributed by atoms with E-state index in [2.05, 4.69) is 0 Å². The van der Waals surface area contributed by atoms with E-state index in [0.29, 0.717) is 29.4 Å². The van der Waals surface area contributed by atoms with Crippen LogP contribution in [0.25, 0.3) is 0 Å². The van der Waals surface area contributed by atoms with Crippen LogP contribution < -0.4 is 14.2 Å². The highest BCUT2D eigenvalue weighted by Crippen LogP contribution is 2.20. The molecule has 0 bridgehead atoms.